The Balaban J connectivity index is 2.98. The predicted octanol–water partition coefficient (Wildman–Crippen LogP) is 1.38. The molecule has 18 heavy (non-hydrogen) atoms. The summed E-state index contributed by atoms with van der Waals surface area (Å²) in [4.78, 5) is 22.5. The van der Waals surface area contributed by atoms with Gasteiger partial charge in [-0.1, -0.05) is 19.9 Å². The number of hydrogen-bond acceptors (Lipinski definition) is 4. The van der Waals surface area contributed by atoms with Crippen LogP contribution >= 0.6 is 0 Å². The molecule has 0 unspecified atom stereocenters. The van der Waals surface area contributed by atoms with Gasteiger partial charge < -0.3 is 16.6 Å². The summed E-state index contributed by atoms with van der Waals surface area (Å²) in [5, 5.41) is 8.68. The second-order valence-electron chi connectivity index (χ2n) is 4.57. The van der Waals surface area contributed by atoms with Crippen molar-refractivity contribution in [3.05, 3.63) is 29.3 Å². The highest BCUT2D eigenvalue weighted by Gasteiger charge is 2.19. The van der Waals surface area contributed by atoms with Gasteiger partial charge in [-0.3, -0.25) is 9.59 Å². The molecule has 0 aromatic heterocycles. The number of anilines is 1. The van der Waals surface area contributed by atoms with E-state index < -0.39 is 12.0 Å². The summed E-state index contributed by atoms with van der Waals surface area (Å²) in [6.07, 6.45) is -0.249. The van der Waals surface area contributed by atoms with Gasteiger partial charge in [0.25, 0.3) is 0 Å². The molecule has 0 fully saturated rings. The van der Waals surface area contributed by atoms with Crippen LogP contribution in [-0.4, -0.2) is 22.9 Å². The minimum atomic E-state index is -1.19. The highest BCUT2D eigenvalue weighted by Crippen LogP contribution is 2.21. The van der Waals surface area contributed by atoms with Crippen LogP contribution in [0.15, 0.2) is 18.2 Å². The molecule has 0 radical (unpaired) electrons. The zero-order valence-electron chi connectivity index (χ0n) is 10.5. The number of ketones is 1. The second-order valence-corrected chi connectivity index (χ2v) is 4.57. The summed E-state index contributed by atoms with van der Waals surface area (Å²) in [5.74, 6) is -1.27. The lowest BCUT2D eigenvalue weighted by Gasteiger charge is -2.11. The van der Waals surface area contributed by atoms with E-state index in [0.717, 1.165) is 5.56 Å². The van der Waals surface area contributed by atoms with E-state index >= 15 is 0 Å². The van der Waals surface area contributed by atoms with Crippen LogP contribution in [0.5, 0.6) is 0 Å². The number of nitrogens with two attached hydrogens (primary N) is 2. The van der Waals surface area contributed by atoms with Crippen LogP contribution in [0.2, 0.25) is 0 Å². The number of carbonyl (C=O) groups is 2. The van der Waals surface area contributed by atoms with Crippen LogP contribution in [0, 0.1) is 0 Å². The fraction of sp³-hybridized carbons (Fsp3) is 0.385. The zero-order chi connectivity index (χ0) is 13.9. The van der Waals surface area contributed by atoms with Gasteiger partial charge in [-0.25, -0.2) is 0 Å². The van der Waals surface area contributed by atoms with Gasteiger partial charge >= 0.3 is 5.97 Å². The molecule has 5 nitrogen and oxygen atoms in total. The molecule has 1 rings (SSSR count). The van der Waals surface area contributed by atoms with Gasteiger partial charge in [-0.2, -0.15) is 0 Å². The average molecular weight is 250 g/mol. The van der Waals surface area contributed by atoms with Crippen molar-refractivity contribution in [1.29, 1.82) is 0 Å². The number of hydrogen-bond donors (Lipinski definition) is 3. The van der Waals surface area contributed by atoms with Crippen molar-refractivity contribution in [2.24, 2.45) is 5.73 Å². The Morgan fingerprint density at radius 3 is 2.44 bits per heavy atom. The highest BCUT2D eigenvalue weighted by molar-refractivity contribution is 6.02. The fourth-order valence-electron chi connectivity index (χ4n) is 1.57. The Bertz CT molecular complexity index is 469. The van der Waals surface area contributed by atoms with Crippen molar-refractivity contribution in [2.75, 3.05) is 5.73 Å². The van der Waals surface area contributed by atoms with E-state index in [1.165, 1.54) is 0 Å². The molecule has 1 aromatic rings. The minimum absolute atomic E-state index is 0.249. The zero-order valence-corrected chi connectivity index (χ0v) is 10.5. The lowest BCUT2D eigenvalue weighted by atomic mass is 9.96. The van der Waals surface area contributed by atoms with Gasteiger partial charge in [0.1, 0.15) is 6.04 Å². The molecule has 0 amide bonds. The third-order valence-corrected chi connectivity index (χ3v) is 2.77. The first-order valence-corrected chi connectivity index (χ1v) is 5.74. The van der Waals surface area contributed by atoms with E-state index in [1.807, 2.05) is 19.9 Å². The topological polar surface area (TPSA) is 106 Å². The first-order chi connectivity index (χ1) is 8.32. The number of carboxylic acid groups (broad SMARTS) is 1. The molecule has 0 spiro atoms. The number of carbonyl (C=O) groups excluding carboxylic acids is 1. The molecule has 5 heteroatoms. The van der Waals surface area contributed by atoms with Gasteiger partial charge in [-0.05, 0) is 23.6 Å². The molecule has 0 aliphatic heterocycles. The van der Waals surface area contributed by atoms with Crippen molar-refractivity contribution in [3.8, 4) is 0 Å². The maximum Gasteiger partial charge on any atom is 0.320 e. The van der Waals surface area contributed by atoms with Crippen LogP contribution in [0.1, 0.15) is 42.1 Å². The highest BCUT2D eigenvalue weighted by atomic mass is 16.4. The van der Waals surface area contributed by atoms with Gasteiger partial charge in [0.15, 0.2) is 5.78 Å². The molecule has 1 atom stereocenters. The first kappa shape index (κ1) is 14.2. The van der Waals surface area contributed by atoms with Gasteiger partial charge in [0.05, 0.1) is 0 Å². The van der Waals surface area contributed by atoms with E-state index in [2.05, 4.69) is 0 Å². The number of aliphatic carboxylic acids is 1. The van der Waals surface area contributed by atoms with Crippen molar-refractivity contribution in [3.63, 3.8) is 0 Å². The number of Topliss-reactive ketones (excluding diaryl/α,β-unsaturated/α-hetero) is 1. The van der Waals surface area contributed by atoms with Crippen LogP contribution in [0.3, 0.4) is 0 Å². The van der Waals surface area contributed by atoms with Gasteiger partial charge in [0.2, 0.25) is 0 Å². The third-order valence-electron chi connectivity index (χ3n) is 2.77. The average Bonchev–Trinajstić information content (AvgIpc) is 2.28. The molecular formula is C13H18N2O3. The Morgan fingerprint density at radius 1 is 1.33 bits per heavy atom. The van der Waals surface area contributed by atoms with Crippen molar-refractivity contribution >= 4 is 17.4 Å². The molecule has 0 aliphatic carbocycles. The molecular weight excluding hydrogens is 232 g/mol. The van der Waals surface area contributed by atoms with Crippen molar-refractivity contribution in [2.45, 2.75) is 32.2 Å². The van der Waals surface area contributed by atoms with Gasteiger partial charge in [0, 0.05) is 17.7 Å². The molecule has 0 saturated heterocycles. The molecule has 0 saturated carbocycles. The molecule has 0 bridgehead atoms. The van der Waals surface area contributed by atoms with E-state index in [1.54, 1.807) is 12.1 Å². The normalized spacial score (nSPS) is 12.4. The van der Waals surface area contributed by atoms with E-state index in [0.29, 0.717) is 11.3 Å². The summed E-state index contributed by atoms with van der Waals surface area (Å²) >= 11 is 0. The van der Waals surface area contributed by atoms with E-state index in [9.17, 15) is 9.59 Å². The SMILES string of the molecule is CC(C)c1ccc(N)c(C(=O)C[C@H](N)C(=O)O)c1. The first-order valence-electron chi connectivity index (χ1n) is 5.74. The number of nitrogen functional groups attached to an aromatic ring is 1. The Morgan fingerprint density at radius 2 is 1.94 bits per heavy atom. The van der Waals surface area contributed by atoms with Crippen molar-refractivity contribution in [1.82, 2.24) is 0 Å². The monoisotopic (exact) mass is 250 g/mol. The maximum absolute atomic E-state index is 11.9. The van der Waals surface area contributed by atoms with Gasteiger partial charge in [-0.15, -0.1) is 0 Å². The second kappa shape index (κ2) is 5.64. The standard InChI is InChI=1S/C13H18N2O3/c1-7(2)8-3-4-10(14)9(5-8)12(16)6-11(15)13(17)18/h3-5,7,11H,6,14-15H2,1-2H3,(H,17,18)/t11-/m0/s1. The molecule has 98 valence electrons. The summed E-state index contributed by atoms with van der Waals surface area (Å²) in [7, 11) is 0. The summed E-state index contributed by atoms with van der Waals surface area (Å²) < 4.78 is 0. The quantitative estimate of drug-likeness (QED) is 0.540. The summed E-state index contributed by atoms with van der Waals surface area (Å²) in [6, 6.07) is 4.03. The summed E-state index contributed by atoms with van der Waals surface area (Å²) in [5.41, 5.74) is 12.8. The number of benzene rings is 1. The lowest BCUT2D eigenvalue weighted by Crippen LogP contribution is -2.32. The lowest BCUT2D eigenvalue weighted by molar-refractivity contribution is -0.138. The summed E-state index contributed by atoms with van der Waals surface area (Å²) in [6.45, 7) is 4.01. The number of rotatable bonds is 5. The Labute approximate surface area is 106 Å². The smallest absolute Gasteiger partial charge is 0.320 e. The Hall–Kier alpha value is -1.88. The molecule has 0 heterocycles. The molecule has 0 aliphatic rings. The largest absolute Gasteiger partial charge is 0.480 e. The molecule has 1 aromatic carbocycles. The van der Waals surface area contributed by atoms with Crippen LogP contribution < -0.4 is 11.5 Å². The predicted molar refractivity (Wildman–Crippen MR) is 69.5 cm³/mol. The third kappa shape index (κ3) is 3.30. The molecule has 5 N–H and O–H groups in total. The van der Waals surface area contributed by atoms with E-state index in [4.69, 9.17) is 16.6 Å². The van der Waals surface area contributed by atoms with Crippen LogP contribution in [0.4, 0.5) is 5.69 Å². The minimum Gasteiger partial charge on any atom is -0.480 e. The van der Waals surface area contributed by atoms with Crippen molar-refractivity contribution < 1.29 is 14.7 Å². The number of carboxylic acids is 1. The fourth-order valence-corrected chi connectivity index (χ4v) is 1.57. The van der Waals surface area contributed by atoms with Crippen LogP contribution in [0.25, 0.3) is 0 Å². The Kier molecular flexibility index (Phi) is 4.44. The maximum atomic E-state index is 11.9. The van der Waals surface area contributed by atoms with E-state index in [-0.39, 0.29) is 18.1 Å². The van der Waals surface area contributed by atoms with Crippen LogP contribution in [-0.2, 0) is 4.79 Å².